The van der Waals surface area contributed by atoms with Gasteiger partial charge in [0.2, 0.25) is 0 Å². The van der Waals surface area contributed by atoms with Crippen LogP contribution in [0.1, 0.15) is 0 Å². The van der Waals surface area contributed by atoms with Crippen LogP contribution >= 0.6 is 0 Å². The average Bonchev–Trinajstić information content (AvgIpc) is 1.83. The maximum atomic E-state index is 10.0. The molecule has 0 bridgehead atoms. The predicted molar refractivity (Wildman–Crippen MR) is 28.4 cm³/mol. The van der Waals surface area contributed by atoms with E-state index in [2.05, 4.69) is 8.37 Å². The Hall–Kier alpha value is -0.0500. The summed E-state index contributed by atoms with van der Waals surface area (Å²) in [6.07, 6.45) is -1.59. The van der Waals surface area contributed by atoms with Gasteiger partial charge in [0.15, 0.2) is 6.10 Å². The molecule has 6 nitrogen and oxygen atoms in total. The first-order chi connectivity index (χ1) is 4.58. The fourth-order valence-corrected chi connectivity index (χ4v) is 1.05. The summed E-state index contributed by atoms with van der Waals surface area (Å²) >= 11 is -2.00. The molecule has 1 aliphatic heterocycles. The maximum absolute atomic E-state index is 10.0. The van der Waals surface area contributed by atoms with Gasteiger partial charge in [-0.1, -0.05) is 0 Å². The van der Waals surface area contributed by atoms with Crippen LogP contribution in [0.5, 0.6) is 0 Å². The third kappa shape index (κ3) is 1.19. The van der Waals surface area contributed by atoms with Crippen LogP contribution in [0.3, 0.4) is 0 Å². The van der Waals surface area contributed by atoms with E-state index in [0.717, 1.165) is 0 Å². The van der Waals surface area contributed by atoms with Crippen LogP contribution in [0, 0.1) is 0 Å². The van der Waals surface area contributed by atoms with Gasteiger partial charge in [-0.15, -0.1) is 0 Å². The summed E-state index contributed by atoms with van der Waals surface area (Å²) in [6, 6.07) is 0. The topological polar surface area (TPSA) is 96.2 Å². The van der Waals surface area contributed by atoms with Crippen molar-refractivity contribution >= 4 is 11.4 Å². The van der Waals surface area contributed by atoms with Gasteiger partial charge in [-0.2, -0.15) is 4.21 Å². The maximum Gasteiger partial charge on any atom is 0.339 e. The standard InChI is InChI=1S/C3H6O6S/c4-1-2(5)3(6)8-10(7)9-3/h2,4-6H,1H2. The number of hydrogen-bond acceptors (Lipinski definition) is 6. The molecule has 0 aliphatic carbocycles. The molecule has 1 rings (SSSR count). The van der Waals surface area contributed by atoms with Crippen molar-refractivity contribution in [3.05, 3.63) is 0 Å². The van der Waals surface area contributed by atoms with Crippen molar-refractivity contribution < 1.29 is 27.9 Å². The summed E-state index contributed by atoms with van der Waals surface area (Å²) < 4.78 is 18.2. The molecule has 1 aliphatic rings. The van der Waals surface area contributed by atoms with E-state index in [-0.39, 0.29) is 0 Å². The van der Waals surface area contributed by atoms with Crippen molar-refractivity contribution in [2.75, 3.05) is 6.61 Å². The highest BCUT2D eigenvalue weighted by atomic mass is 32.2. The molecule has 0 aromatic rings. The first-order valence-corrected chi connectivity index (χ1v) is 3.40. The lowest BCUT2D eigenvalue weighted by Gasteiger charge is -2.35. The Kier molecular flexibility index (Phi) is 2.04. The first-order valence-electron chi connectivity index (χ1n) is 2.40. The van der Waals surface area contributed by atoms with Crippen LogP contribution < -0.4 is 0 Å². The highest BCUT2D eigenvalue weighted by Gasteiger charge is 2.51. The highest BCUT2D eigenvalue weighted by Crippen LogP contribution is 2.27. The summed E-state index contributed by atoms with van der Waals surface area (Å²) in [7, 11) is 0. The Morgan fingerprint density at radius 3 is 2.40 bits per heavy atom. The summed E-state index contributed by atoms with van der Waals surface area (Å²) in [5.41, 5.74) is 0. The van der Waals surface area contributed by atoms with Gasteiger partial charge in [-0.3, -0.25) is 0 Å². The Balaban J connectivity index is 2.47. The SMILES string of the molecule is O=S1OC(O)(C(O)CO)O1. The molecule has 1 heterocycles. The van der Waals surface area contributed by atoms with Gasteiger partial charge in [-0.05, 0) is 0 Å². The zero-order valence-corrected chi connectivity index (χ0v) is 5.58. The fraction of sp³-hybridized carbons (Fsp3) is 1.00. The summed E-state index contributed by atoms with van der Waals surface area (Å²) in [6.45, 7) is -0.728. The molecule has 0 aromatic heterocycles. The third-order valence-electron chi connectivity index (χ3n) is 0.969. The molecule has 3 N–H and O–H groups in total. The van der Waals surface area contributed by atoms with E-state index < -0.39 is 30.0 Å². The lowest BCUT2D eigenvalue weighted by atomic mass is 10.3. The Morgan fingerprint density at radius 1 is 1.60 bits per heavy atom. The van der Waals surface area contributed by atoms with Gasteiger partial charge in [0.05, 0.1) is 6.61 Å². The van der Waals surface area contributed by atoms with E-state index in [0.29, 0.717) is 0 Å². The van der Waals surface area contributed by atoms with E-state index in [1.807, 2.05) is 0 Å². The molecule has 1 atom stereocenters. The zero-order valence-electron chi connectivity index (χ0n) is 4.76. The summed E-state index contributed by atoms with van der Waals surface area (Å²) in [4.78, 5) is 0. The lowest BCUT2D eigenvalue weighted by molar-refractivity contribution is -0.363. The number of aliphatic hydroxyl groups excluding tert-OH is 2. The molecule has 60 valence electrons. The first kappa shape index (κ1) is 8.05. The van der Waals surface area contributed by atoms with Crippen molar-refractivity contribution in [1.29, 1.82) is 0 Å². The highest BCUT2D eigenvalue weighted by molar-refractivity contribution is 7.76. The number of rotatable bonds is 2. The quantitative estimate of drug-likeness (QED) is 0.428. The van der Waals surface area contributed by atoms with Crippen LogP contribution in [0.25, 0.3) is 0 Å². The second-order valence-electron chi connectivity index (χ2n) is 1.70. The van der Waals surface area contributed by atoms with Gasteiger partial charge in [-0.25, -0.2) is 8.37 Å². The molecule has 0 saturated carbocycles. The minimum absolute atomic E-state index is 0.728. The summed E-state index contributed by atoms with van der Waals surface area (Å²) in [5.74, 6) is -2.29. The van der Waals surface area contributed by atoms with E-state index in [4.69, 9.17) is 15.3 Å². The molecule has 0 amide bonds. The second-order valence-corrected chi connectivity index (χ2v) is 2.44. The molecule has 1 fully saturated rings. The molecule has 0 radical (unpaired) electrons. The zero-order chi connectivity index (χ0) is 7.78. The molecular weight excluding hydrogens is 164 g/mol. The largest absolute Gasteiger partial charge is 0.393 e. The fourth-order valence-electron chi connectivity index (χ4n) is 0.428. The Bertz CT molecular complexity index is 149. The van der Waals surface area contributed by atoms with Gasteiger partial charge >= 0.3 is 17.3 Å². The molecule has 0 spiro atoms. The minimum atomic E-state index is -2.29. The Morgan fingerprint density at radius 2 is 2.10 bits per heavy atom. The van der Waals surface area contributed by atoms with E-state index in [9.17, 15) is 4.21 Å². The van der Waals surface area contributed by atoms with Crippen LogP contribution in [-0.2, 0) is 19.7 Å². The lowest BCUT2D eigenvalue weighted by Crippen LogP contribution is -2.57. The average molecular weight is 170 g/mol. The monoisotopic (exact) mass is 170 g/mol. The normalized spacial score (nSPS) is 42.5. The van der Waals surface area contributed by atoms with Crippen molar-refractivity contribution in [2.45, 2.75) is 12.1 Å². The van der Waals surface area contributed by atoms with Crippen LogP contribution in [-0.4, -0.2) is 38.2 Å². The smallest absolute Gasteiger partial charge is 0.339 e. The van der Waals surface area contributed by atoms with Crippen LogP contribution in [0.15, 0.2) is 0 Å². The molecule has 0 aromatic carbocycles. The molecular formula is C3H6O6S. The number of aliphatic hydroxyl groups is 3. The van der Waals surface area contributed by atoms with Crippen LogP contribution in [0.4, 0.5) is 0 Å². The van der Waals surface area contributed by atoms with E-state index in [1.54, 1.807) is 0 Å². The van der Waals surface area contributed by atoms with Crippen molar-refractivity contribution in [3.63, 3.8) is 0 Å². The third-order valence-corrected chi connectivity index (χ3v) is 1.72. The van der Waals surface area contributed by atoms with E-state index >= 15 is 0 Å². The van der Waals surface area contributed by atoms with Crippen molar-refractivity contribution in [1.82, 2.24) is 0 Å². The molecule has 1 unspecified atom stereocenters. The van der Waals surface area contributed by atoms with Crippen molar-refractivity contribution in [3.8, 4) is 0 Å². The van der Waals surface area contributed by atoms with Gasteiger partial charge in [0.25, 0.3) is 0 Å². The molecule has 1 saturated heterocycles. The summed E-state index contributed by atoms with van der Waals surface area (Å²) in [5, 5.41) is 25.7. The second kappa shape index (κ2) is 2.53. The number of hydrogen-bond donors (Lipinski definition) is 3. The van der Waals surface area contributed by atoms with Crippen molar-refractivity contribution in [2.24, 2.45) is 0 Å². The molecule has 7 heteroatoms. The van der Waals surface area contributed by atoms with Crippen LogP contribution in [0.2, 0.25) is 0 Å². The molecule has 10 heavy (non-hydrogen) atoms. The predicted octanol–water partition coefficient (Wildman–Crippen LogP) is -2.39. The van der Waals surface area contributed by atoms with Gasteiger partial charge in [0, 0.05) is 0 Å². The van der Waals surface area contributed by atoms with E-state index in [1.165, 1.54) is 0 Å². The van der Waals surface area contributed by atoms with Gasteiger partial charge < -0.3 is 15.3 Å². The van der Waals surface area contributed by atoms with Gasteiger partial charge in [0.1, 0.15) is 0 Å². The minimum Gasteiger partial charge on any atom is -0.393 e. The Labute approximate surface area is 58.9 Å².